The van der Waals surface area contributed by atoms with Crippen molar-refractivity contribution in [2.45, 2.75) is 25.8 Å². The third kappa shape index (κ3) is 4.98. The molecule has 1 atom stereocenters. The van der Waals surface area contributed by atoms with Crippen molar-refractivity contribution in [3.05, 3.63) is 65.7 Å². The molecule has 0 unspecified atom stereocenters. The number of likely N-dealkylation sites (tertiary alicyclic amines) is 1. The molecule has 3 rings (SSSR count). The van der Waals surface area contributed by atoms with E-state index in [-0.39, 0.29) is 11.9 Å². The quantitative estimate of drug-likeness (QED) is 0.765. The molecule has 0 aliphatic carbocycles. The summed E-state index contributed by atoms with van der Waals surface area (Å²) in [4.78, 5) is 28.4. The van der Waals surface area contributed by atoms with Crippen molar-refractivity contribution in [2.75, 3.05) is 38.1 Å². The van der Waals surface area contributed by atoms with E-state index in [0.717, 1.165) is 25.2 Å². The number of rotatable bonds is 8. The average molecular weight is 380 g/mol. The summed E-state index contributed by atoms with van der Waals surface area (Å²) < 4.78 is 0. The first-order chi connectivity index (χ1) is 13.6. The Labute approximate surface area is 167 Å². The zero-order valence-corrected chi connectivity index (χ0v) is 16.7. The summed E-state index contributed by atoms with van der Waals surface area (Å²) in [5.74, 6) is 0.278. The Morgan fingerprint density at radius 3 is 2.46 bits per heavy atom. The van der Waals surface area contributed by atoms with Gasteiger partial charge in [0.1, 0.15) is 5.78 Å². The van der Waals surface area contributed by atoms with Gasteiger partial charge in [0.05, 0.1) is 12.6 Å². The molecule has 2 aromatic carbocycles. The van der Waals surface area contributed by atoms with Crippen molar-refractivity contribution in [3.8, 4) is 0 Å². The second-order valence-electron chi connectivity index (χ2n) is 7.37. The first kappa shape index (κ1) is 20.1. The minimum absolute atomic E-state index is 0.0335. The molecular weight excluding hydrogens is 350 g/mol. The van der Waals surface area contributed by atoms with Gasteiger partial charge in [-0.2, -0.15) is 0 Å². The SMILES string of the molecule is CCCNC(=O)c1ccc(N(C)C[C@@H](c2ccccc2)N2CCC(=O)C2)cc1. The van der Waals surface area contributed by atoms with E-state index in [4.69, 9.17) is 0 Å². The van der Waals surface area contributed by atoms with Crippen molar-refractivity contribution in [2.24, 2.45) is 0 Å². The molecule has 0 radical (unpaired) electrons. The van der Waals surface area contributed by atoms with Gasteiger partial charge in [0.25, 0.3) is 5.91 Å². The van der Waals surface area contributed by atoms with Gasteiger partial charge in [0, 0.05) is 44.4 Å². The van der Waals surface area contributed by atoms with E-state index >= 15 is 0 Å². The highest BCUT2D eigenvalue weighted by Crippen LogP contribution is 2.26. The number of carbonyl (C=O) groups is 2. The van der Waals surface area contributed by atoms with Crippen LogP contribution in [0.15, 0.2) is 54.6 Å². The third-order valence-electron chi connectivity index (χ3n) is 5.24. The van der Waals surface area contributed by atoms with E-state index in [1.165, 1.54) is 5.56 Å². The Bertz CT molecular complexity index is 789. The third-order valence-corrected chi connectivity index (χ3v) is 5.24. The van der Waals surface area contributed by atoms with Crippen LogP contribution < -0.4 is 10.2 Å². The number of Topliss-reactive ketones (excluding diaryl/α,β-unsaturated/α-hetero) is 1. The van der Waals surface area contributed by atoms with Gasteiger partial charge in [0.15, 0.2) is 0 Å². The van der Waals surface area contributed by atoms with Crippen LogP contribution in [0.25, 0.3) is 0 Å². The molecule has 1 N–H and O–H groups in total. The van der Waals surface area contributed by atoms with Crippen molar-refractivity contribution in [1.29, 1.82) is 0 Å². The molecule has 1 heterocycles. The molecule has 1 aliphatic rings. The molecule has 148 valence electrons. The normalized spacial score (nSPS) is 15.4. The van der Waals surface area contributed by atoms with Gasteiger partial charge < -0.3 is 10.2 Å². The van der Waals surface area contributed by atoms with E-state index in [9.17, 15) is 9.59 Å². The minimum atomic E-state index is -0.0335. The van der Waals surface area contributed by atoms with Crippen LogP contribution in [0.1, 0.15) is 41.7 Å². The van der Waals surface area contributed by atoms with Crippen LogP contribution in [-0.2, 0) is 4.79 Å². The molecule has 0 bridgehead atoms. The maximum atomic E-state index is 12.1. The van der Waals surface area contributed by atoms with Gasteiger partial charge in [-0.15, -0.1) is 0 Å². The molecule has 0 saturated carbocycles. The maximum Gasteiger partial charge on any atom is 0.251 e. The predicted octanol–water partition coefficient (Wildman–Crippen LogP) is 3.28. The van der Waals surface area contributed by atoms with Crippen molar-refractivity contribution < 1.29 is 9.59 Å². The lowest BCUT2D eigenvalue weighted by Crippen LogP contribution is -2.35. The maximum absolute atomic E-state index is 12.1. The molecule has 2 aromatic rings. The molecule has 1 fully saturated rings. The van der Waals surface area contributed by atoms with Crippen molar-refractivity contribution in [3.63, 3.8) is 0 Å². The fourth-order valence-corrected chi connectivity index (χ4v) is 3.60. The largest absolute Gasteiger partial charge is 0.373 e. The zero-order valence-electron chi connectivity index (χ0n) is 16.7. The zero-order chi connectivity index (χ0) is 19.9. The standard InChI is InChI=1S/C23H29N3O2/c1-3-14-24-23(28)19-9-11-20(12-10-19)25(2)17-22(18-7-5-4-6-8-18)26-15-13-21(27)16-26/h4-12,22H,3,13-17H2,1-2H3,(H,24,28)/t22-/m0/s1. The fourth-order valence-electron chi connectivity index (χ4n) is 3.60. The summed E-state index contributed by atoms with van der Waals surface area (Å²) >= 11 is 0. The van der Waals surface area contributed by atoms with E-state index in [1.54, 1.807) is 0 Å². The first-order valence-electron chi connectivity index (χ1n) is 9.98. The number of ketones is 1. The van der Waals surface area contributed by atoms with E-state index in [2.05, 4.69) is 34.3 Å². The summed E-state index contributed by atoms with van der Waals surface area (Å²) in [7, 11) is 2.06. The number of hydrogen-bond donors (Lipinski definition) is 1. The number of anilines is 1. The number of amides is 1. The lowest BCUT2D eigenvalue weighted by molar-refractivity contribution is -0.117. The molecular formula is C23H29N3O2. The van der Waals surface area contributed by atoms with Gasteiger partial charge in [0.2, 0.25) is 0 Å². The Kier molecular flexibility index (Phi) is 6.82. The predicted molar refractivity (Wildman–Crippen MR) is 113 cm³/mol. The number of likely N-dealkylation sites (N-methyl/N-ethyl adjacent to an activating group) is 1. The highest BCUT2D eigenvalue weighted by molar-refractivity contribution is 5.94. The van der Waals surface area contributed by atoms with Crippen molar-refractivity contribution in [1.82, 2.24) is 10.2 Å². The lowest BCUT2D eigenvalue weighted by atomic mass is 10.0. The number of benzene rings is 2. The summed E-state index contributed by atoms with van der Waals surface area (Å²) in [5, 5.41) is 2.90. The van der Waals surface area contributed by atoms with Crippen LogP contribution in [-0.4, -0.2) is 49.8 Å². The lowest BCUT2D eigenvalue weighted by Gasteiger charge is -2.32. The molecule has 1 amide bonds. The highest BCUT2D eigenvalue weighted by atomic mass is 16.1. The summed E-state index contributed by atoms with van der Waals surface area (Å²) in [6.07, 6.45) is 1.56. The fraction of sp³-hybridized carbons (Fsp3) is 0.391. The molecule has 5 nitrogen and oxygen atoms in total. The van der Waals surface area contributed by atoms with Crippen molar-refractivity contribution >= 4 is 17.4 Å². The van der Waals surface area contributed by atoms with Crippen LogP contribution in [0, 0.1) is 0 Å². The monoisotopic (exact) mass is 379 g/mol. The molecule has 1 saturated heterocycles. The first-order valence-corrected chi connectivity index (χ1v) is 9.98. The Hall–Kier alpha value is -2.66. The summed E-state index contributed by atoms with van der Waals surface area (Å²) in [6, 6.07) is 18.2. The number of nitrogens with one attached hydrogen (secondary N) is 1. The van der Waals surface area contributed by atoms with Crippen LogP contribution in [0.2, 0.25) is 0 Å². The summed E-state index contributed by atoms with van der Waals surface area (Å²) in [6.45, 7) is 4.83. The Balaban J connectivity index is 1.72. The van der Waals surface area contributed by atoms with Crippen LogP contribution in [0.5, 0.6) is 0 Å². The van der Waals surface area contributed by atoms with Crippen LogP contribution in [0.3, 0.4) is 0 Å². The Morgan fingerprint density at radius 1 is 1.14 bits per heavy atom. The molecule has 5 heteroatoms. The smallest absolute Gasteiger partial charge is 0.251 e. The van der Waals surface area contributed by atoms with Crippen LogP contribution >= 0.6 is 0 Å². The van der Waals surface area contributed by atoms with E-state index < -0.39 is 0 Å². The van der Waals surface area contributed by atoms with Crippen LogP contribution in [0.4, 0.5) is 5.69 Å². The molecule has 0 spiro atoms. The highest BCUT2D eigenvalue weighted by Gasteiger charge is 2.28. The Morgan fingerprint density at radius 2 is 1.86 bits per heavy atom. The van der Waals surface area contributed by atoms with Gasteiger partial charge in [-0.05, 0) is 36.2 Å². The van der Waals surface area contributed by atoms with E-state index in [1.807, 2.05) is 49.4 Å². The second kappa shape index (κ2) is 9.51. The molecule has 1 aliphatic heterocycles. The van der Waals surface area contributed by atoms with Gasteiger partial charge in [-0.1, -0.05) is 37.3 Å². The summed E-state index contributed by atoms with van der Waals surface area (Å²) in [5.41, 5.74) is 2.95. The number of carbonyl (C=O) groups excluding carboxylic acids is 2. The second-order valence-corrected chi connectivity index (χ2v) is 7.37. The van der Waals surface area contributed by atoms with E-state index in [0.29, 0.717) is 30.9 Å². The molecule has 28 heavy (non-hydrogen) atoms. The average Bonchev–Trinajstić information content (AvgIpc) is 3.16. The number of nitrogens with zero attached hydrogens (tertiary/aromatic N) is 2. The van der Waals surface area contributed by atoms with Gasteiger partial charge >= 0.3 is 0 Å². The topological polar surface area (TPSA) is 52.7 Å². The van der Waals surface area contributed by atoms with Gasteiger partial charge in [-0.25, -0.2) is 0 Å². The minimum Gasteiger partial charge on any atom is -0.373 e. The molecule has 0 aromatic heterocycles. The number of hydrogen-bond acceptors (Lipinski definition) is 4. The van der Waals surface area contributed by atoms with Gasteiger partial charge in [-0.3, -0.25) is 14.5 Å².